The molecule has 0 aromatic rings. The lowest BCUT2D eigenvalue weighted by molar-refractivity contribution is -0.150. The van der Waals surface area contributed by atoms with Crippen LogP contribution in [0.15, 0.2) is 0 Å². The van der Waals surface area contributed by atoms with Crippen LogP contribution in [0.3, 0.4) is 0 Å². The quantitative estimate of drug-likeness (QED) is 0.534. The molecule has 2 N–H and O–H groups in total. The van der Waals surface area contributed by atoms with Crippen molar-refractivity contribution in [3.8, 4) is 0 Å². The van der Waals surface area contributed by atoms with E-state index in [4.69, 9.17) is 10.2 Å². The molecule has 13 heavy (non-hydrogen) atoms. The smallest absolute Gasteiger partial charge is 0.351 e. The van der Waals surface area contributed by atoms with Crippen molar-refractivity contribution in [2.45, 2.75) is 12.5 Å². The van der Waals surface area contributed by atoms with Gasteiger partial charge in [0.05, 0.1) is 12.7 Å². The highest BCUT2D eigenvalue weighted by molar-refractivity contribution is 7.86. The number of aliphatic carboxylic acids is 1. The predicted octanol–water partition coefficient (Wildman–Crippen LogP) is -1.68. The highest BCUT2D eigenvalue weighted by Crippen LogP contribution is 1.98. The molecule has 0 aromatic heterocycles. The summed E-state index contributed by atoms with van der Waals surface area (Å²) in [6, 6.07) is 0. The zero-order chi connectivity index (χ0) is 10.6. The Hall–Kier alpha value is -1.15. The van der Waals surface area contributed by atoms with Crippen molar-refractivity contribution in [2.24, 2.45) is 0 Å². The molecule has 76 valence electrons. The molecule has 0 fully saturated rings. The minimum atomic E-state index is -4.01. The summed E-state index contributed by atoms with van der Waals surface area (Å²) >= 11 is 0. The second kappa shape index (κ2) is 4.19. The normalized spacial score (nSPS) is 13.4. The summed E-state index contributed by atoms with van der Waals surface area (Å²) in [6.45, 7) is 0. The minimum absolute atomic E-state index is 0.610. The van der Waals surface area contributed by atoms with E-state index in [2.05, 4.69) is 4.18 Å². The molecule has 0 aliphatic rings. The van der Waals surface area contributed by atoms with Crippen molar-refractivity contribution >= 4 is 22.1 Å². The average molecular weight is 212 g/mol. The lowest BCUT2D eigenvalue weighted by Gasteiger charge is -2.05. The number of aliphatic hydroxyl groups is 1. The maximum absolute atomic E-state index is 10.6. The molecule has 0 saturated heterocycles. The molecule has 0 amide bonds. The van der Waals surface area contributed by atoms with Crippen molar-refractivity contribution in [2.75, 3.05) is 6.26 Å². The van der Waals surface area contributed by atoms with Gasteiger partial charge in [-0.3, -0.25) is 4.79 Å². The Bertz CT molecular complexity index is 303. The van der Waals surface area contributed by atoms with Gasteiger partial charge in [0.2, 0.25) is 0 Å². The monoisotopic (exact) mass is 212 g/mol. The summed E-state index contributed by atoms with van der Waals surface area (Å²) in [5.74, 6) is -2.93. The van der Waals surface area contributed by atoms with Crippen LogP contribution in [0.1, 0.15) is 6.42 Å². The van der Waals surface area contributed by atoms with Crippen molar-refractivity contribution in [3.63, 3.8) is 0 Å². The van der Waals surface area contributed by atoms with E-state index in [0.717, 1.165) is 0 Å². The van der Waals surface area contributed by atoms with E-state index in [1.54, 1.807) is 0 Å². The van der Waals surface area contributed by atoms with Gasteiger partial charge in [-0.05, 0) is 0 Å². The van der Waals surface area contributed by atoms with Gasteiger partial charge in [0.25, 0.3) is 0 Å². The first-order chi connectivity index (χ1) is 5.72. The molecule has 0 aliphatic carbocycles. The zero-order valence-electron chi connectivity index (χ0n) is 6.63. The third-order valence-electron chi connectivity index (χ3n) is 0.874. The molecule has 0 rings (SSSR count). The first-order valence-electron chi connectivity index (χ1n) is 3.05. The second-order valence-corrected chi connectivity index (χ2v) is 3.80. The number of carbonyl (C=O) groups is 2. The van der Waals surface area contributed by atoms with Crippen LogP contribution >= 0.6 is 0 Å². The van der Waals surface area contributed by atoms with E-state index in [1.807, 2.05) is 0 Å². The Balaban J connectivity index is 4.21. The fourth-order valence-electron chi connectivity index (χ4n) is 0.453. The van der Waals surface area contributed by atoms with Crippen LogP contribution in [0.4, 0.5) is 0 Å². The van der Waals surface area contributed by atoms with Crippen molar-refractivity contribution < 1.29 is 32.4 Å². The van der Waals surface area contributed by atoms with Gasteiger partial charge in [0.1, 0.15) is 0 Å². The third-order valence-corrected chi connectivity index (χ3v) is 1.34. The van der Waals surface area contributed by atoms with Gasteiger partial charge >= 0.3 is 22.1 Å². The summed E-state index contributed by atoms with van der Waals surface area (Å²) in [5, 5.41) is 16.8. The number of carboxylic acid groups (broad SMARTS) is 1. The predicted molar refractivity (Wildman–Crippen MR) is 39.2 cm³/mol. The van der Waals surface area contributed by atoms with Crippen LogP contribution in [0.2, 0.25) is 0 Å². The van der Waals surface area contributed by atoms with Crippen molar-refractivity contribution in [3.05, 3.63) is 0 Å². The first kappa shape index (κ1) is 11.8. The average Bonchev–Trinajstić information content (AvgIpc) is 1.81. The van der Waals surface area contributed by atoms with Crippen molar-refractivity contribution in [1.29, 1.82) is 0 Å². The van der Waals surface area contributed by atoms with E-state index in [0.29, 0.717) is 6.26 Å². The van der Waals surface area contributed by atoms with E-state index < -0.39 is 34.6 Å². The first-order valence-corrected chi connectivity index (χ1v) is 4.87. The molecule has 1 unspecified atom stereocenters. The van der Waals surface area contributed by atoms with Crippen LogP contribution < -0.4 is 0 Å². The Morgan fingerprint density at radius 2 is 1.92 bits per heavy atom. The Morgan fingerprint density at radius 3 is 2.23 bits per heavy atom. The highest BCUT2D eigenvalue weighted by Gasteiger charge is 2.23. The molecule has 8 heteroatoms. The molecule has 0 radical (unpaired) electrons. The zero-order valence-corrected chi connectivity index (χ0v) is 7.44. The summed E-state index contributed by atoms with van der Waals surface area (Å²) in [4.78, 5) is 20.5. The minimum Gasteiger partial charge on any atom is -0.481 e. The summed E-state index contributed by atoms with van der Waals surface area (Å²) in [7, 11) is -4.01. The van der Waals surface area contributed by atoms with Gasteiger partial charge in [-0.25, -0.2) is 4.79 Å². The molecule has 1 atom stereocenters. The van der Waals surface area contributed by atoms with Crippen LogP contribution in [0.25, 0.3) is 0 Å². The topological polar surface area (TPSA) is 118 Å². The third kappa shape index (κ3) is 6.05. The lowest BCUT2D eigenvalue weighted by Crippen LogP contribution is -2.27. The molecule has 0 aromatic carbocycles. The summed E-state index contributed by atoms with van der Waals surface area (Å²) < 4.78 is 24.4. The van der Waals surface area contributed by atoms with Gasteiger partial charge in [0.15, 0.2) is 6.10 Å². The number of hydrogen-bond donors (Lipinski definition) is 2. The van der Waals surface area contributed by atoms with Gasteiger partial charge in [0, 0.05) is 0 Å². The number of rotatable bonds is 4. The van der Waals surface area contributed by atoms with Gasteiger partial charge in [-0.1, -0.05) is 0 Å². The molecule has 7 nitrogen and oxygen atoms in total. The molecule has 0 heterocycles. The standard InChI is InChI=1S/C5H8O7S/c1-13(10,11)12-5(9)3(6)2-4(7)8/h3,6H,2H2,1H3,(H,7,8). The lowest BCUT2D eigenvalue weighted by atomic mass is 10.3. The number of hydrogen-bond acceptors (Lipinski definition) is 6. The van der Waals surface area contributed by atoms with E-state index in [-0.39, 0.29) is 0 Å². The van der Waals surface area contributed by atoms with E-state index in [1.165, 1.54) is 0 Å². The molecule has 0 bridgehead atoms. The fraction of sp³-hybridized carbons (Fsp3) is 0.600. The van der Waals surface area contributed by atoms with Gasteiger partial charge in [-0.2, -0.15) is 8.42 Å². The van der Waals surface area contributed by atoms with E-state index in [9.17, 15) is 18.0 Å². The maximum Gasteiger partial charge on any atom is 0.351 e. The maximum atomic E-state index is 10.6. The molecular weight excluding hydrogens is 204 g/mol. The molecule has 0 aliphatic heterocycles. The Labute approximate surface area is 74.1 Å². The molecule has 0 saturated carbocycles. The van der Waals surface area contributed by atoms with Crippen LogP contribution in [0.5, 0.6) is 0 Å². The SMILES string of the molecule is CS(=O)(=O)OC(=O)C(O)CC(=O)O. The fourth-order valence-corrected chi connectivity index (χ4v) is 0.863. The van der Waals surface area contributed by atoms with Crippen LogP contribution in [0, 0.1) is 0 Å². The number of carboxylic acids is 1. The van der Waals surface area contributed by atoms with Crippen molar-refractivity contribution in [1.82, 2.24) is 0 Å². The highest BCUT2D eigenvalue weighted by atomic mass is 32.2. The molecular formula is C5H8O7S. The Morgan fingerprint density at radius 1 is 1.46 bits per heavy atom. The number of aliphatic hydroxyl groups excluding tert-OH is 1. The van der Waals surface area contributed by atoms with Crippen LogP contribution in [-0.2, 0) is 23.9 Å². The second-order valence-electron chi connectivity index (χ2n) is 2.22. The summed E-state index contributed by atoms with van der Waals surface area (Å²) in [5.41, 5.74) is 0. The Kier molecular flexibility index (Phi) is 3.82. The summed E-state index contributed by atoms with van der Waals surface area (Å²) in [6.07, 6.45) is -2.25. The van der Waals surface area contributed by atoms with Gasteiger partial charge < -0.3 is 14.4 Å². The van der Waals surface area contributed by atoms with Gasteiger partial charge in [-0.15, -0.1) is 0 Å². The van der Waals surface area contributed by atoms with Crippen LogP contribution in [-0.4, -0.2) is 42.9 Å². The largest absolute Gasteiger partial charge is 0.481 e. The van der Waals surface area contributed by atoms with E-state index >= 15 is 0 Å². The number of carbonyl (C=O) groups excluding carboxylic acids is 1. The molecule has 0 spiro atoms.